The van der Waals surface area contributed by atoms with Crippen molar-refractivity contribution in [1.29, 1.82) is 0 Å². The van der Waals surface area contributed by atoms with E-state index in [9.17, 15) is 0 Å². The first-order valence-corrected chi connectivity index (χ1v) is 5.02. The summed E-state index contributed by atoms with van der Waals surface area (Å²) in [4.78, 5) is 0. The summed E-state index contributed by atoms with van der Waals surface area (Å²) in [6, 6.07) is 2.05. The Morgan fingerprint density at radius 3 is 2.23 bits per heavy atom. The molecule has 3 heteroatoms. The van der Waals surface area contributed by atoms with Crippen LogP contribution in [0, 0.1) is 6.92 Å². The van der Waals surface area contributed by atoms with Crippen LogP contribution in [0.15, 0.2) is 6.07 Å². The summed E-state index contributed by atoms with van der Waals surface area (Å²) in [5.41, 5.74) is 16.6. The molecule has 0 aliphatic rings. The highest BCUT2D eigenvalue weighted by atomic mass is 32.1. The van der Waals surface area contributed by atoms with Gasteiger partial charge in [0.1, 0.15) is 0 Å². The molecule has 1 rings (SSSR count). The van der Waals surface area contributed by atoms with Gasteiger partial charge in [-0.2, -0.15) is 12.6 Å². The summed E-state index contributed by atoms with van der Waals surface area (Å²) in [6.45, 7) is 4.04. The van der Waals surface area contributed by atoms with Gasteiger partial charge in [-0.05, 0) is 30.0 Å². The average Bonchev–Trinajstić information content (AvgIpc) is 2.15. The molecular weight excluding hydrogens is 180 g/mol. The second-order valence-corrected chi connectivity index (χ2v) is 3.48. The molecule has 0 unspecified atom stereocenters. The van der Waals surface area contributed by atoms with E-state index in [1.54, 1.807) is 0 Å². The van der Waals surface area contributed by atoms with Gasteiger partial charge in [0, 0.05) is 17.1 Å². The molecular formula is C10H16N2S. The number of anilines is 2. The number of nitrogens with two attached hydrogens (primary N) is 2. The largest absolute Gasteiger partial charge is 0.398 e. The molecule has 0 aliphatic carbocycles. The van der Waals surface area contributed by atoms with Crippen molar-refractivity contribution in [2.45, 2.75) is 26.0 Å². The van der Waals surface area contributed by atoms with E-state index in [2.05, 4.69) is 19.6 Å². The minimum Gasteiger partial charge on any atom is -0.398 e. The Morgan fingerprint density at radius 1 is 1.23 bits per heavy atom. The second-order valence-electron chi connectivity index (χ2n) is 3.16. The lowest BCUT2D eigenvalue weighted by atomic mass is 10.0. The second kappa shape index (κ2) is 3.92. The number of thiol groups is 1. The number of hydrogen-bond acceptors (Lipinski definition) is 3. The van der Waals surface area contributed by atoms with Crippen LogP contribution in [0.1, 0.15) is 23.6 Å². The molecule has 4 N–H and O–H groups in total. The number of nitrogen functional groups attached to an aromatic ring is 2. The van der Waals surface area contributed by atoms with E-state index in [1.165, 1.54) is 0 Å². The highest BCUT2D eigenvalue weighted by Gasteiger charge is 2.08. The van der Waals surface area contributed by atoms with Crippen LogP contribution >= 0.6 is 12.6 Å². The van der Waals surface area contributed by atoms with Gasteiger partial charge in [-0.3, -0.25) is 0 Å². The summed E-state index contributed by atoms with van der Waals surface area (Å²) >= 11 is 4.23. The van der Waals surface area contributed by atoms with Gasteiger partial charge in [-0.1, -0.05) is 13.0 Å². The molecule has 0 aromatic heterocycles. The van der Waals surface area contributed by atoms with E-state index in [-0.39, 0.29) is 0 Å². The van der Waals surface area contributed by atoms with E-state index >= 15 is 0 Å². The Bertz CT molecular complexity index is 293. The normalized spacial score (nSPS) is 10.4. The Morgan fingerprint density at radius 2 is 1.77 bits per heavy atom. The Hall–Kier alpha value is -0.830. The Labute approximate surface area is 84.7 Å². The molecule has 0 atom stereocenters. The number of benzene rings is 1. The third kappa shape index (κ3) is 1.75. The molecule has 0 spiro atoms. The molecule has 72 valence electrons. The molecule has 0 aliphatic heterocycles. The van der Waals surface area contributed by atoms with E-state index < -0.39 is 0 Å². The monoisotopic (exact) mass is 196 g/mol. The minimum absolute atomic E-state index is 0.667. The topological polar surface area (TPSA) is 52.0 Å². The highest BCUT2D eigenvalue weighted by molar-refractivity contribution is 7.79. The lowest BCUT2D eigenvalue weighted by Crippen LogP contribution is -2.03. The van der Waals surface area contributed by atoms with E-state index in [0.717, 1.165) is 34.5 Å². The summed E-state index contributed by atoms with van der Waals surface area (Å²) in [6.07, 6.45) is 0.938. The van der Waals surface area contributed by atoms with Gasteiger partial charge < -0.3 is 11.5 Å². The Kier molecular flexibility index (Phi) is 3.09. The van der Waals surface area contributed by atoms with Crippen LogP contribution in [-0.2, 0) is 12.2 Å². The third-order valence-corrected chi connectivity index (χ3v) is 2.74. The summed E-state index contributed by atoms with van der Waals surface area (Å²) < 4.78 is 0. The first-order valence-electron chi connectivity index (χ1n) is 4.39. The summed E-state index contributed by atoms with van der Waals surface area (Å²) in [5, 5.41) is 0. The minimum atomic E-state index is 0.667. The molecule has 0 amide bonds. The van der Waals surface area contributed by atoms with Crippen molar-refractivity contribution in [3.63, 3.8) is 0 Å². The number of aryl methyl sites for hydroxylation is 1. The van der Waals surface area contributed by atoms with Gasteiger partial charge in [0.15, 0.2) is 0 Å². The first-order chi connectivity index (χ1) is 6.11. The fraction of sp³-hybridized carbons (Fsp3) is 0.400. The predicted octanol–water partition coefficient (Wildman–Crippen LogP) is 2.15. The SMILES string of the molecule is CCc1cc(CS)c(N)c(C)c1N. The maximum absolute atomic E-state index is 5.91. The molecule has 0 saturated carbocycles. The quantitative estimate of drug-likeness (QED) is 0.501. The van der Waals surface area contributed by atoms with Gasteiger partial charge in [-0.25, -0.2) is 0 Å². The van der Waals surface area contributed by atoms with Crippen LogP contribution in [0.5, 0.6) is 0 Å². The van der Waals surface area contributed by atoms with Gasteiger partial charge in [0.05, 0.1) is 0 Å². The maximum atomic E-state index is 5.91. The van der Waals surface area contributed by atoms with Crippen LogP contribution in [0.25, 0.3) is 0 Å². The van der Waals surface area contributed by atoms with E-state index in [1.807, 2.05) is 13.0 Å². The molecule has 0 bridgehead atoms. The number of hydrogen-bond donors (Lipinski definition) is 3. The van der Waals surface area contributed by atoms with Crippen molar-refractivity contribution in [3.05, 3.63) is 22.8 Å². The number of rotatable bonds is 2. The summed E-state index contributed by atoms with van der Waals surface area (Å²) in [7, 11) is 0. The lowest BCUT2D eigenvalue weighted by Gasteiger charge is -2.13. The molecule has 1 aromatic rings. The van der Waals surface area contributed by atoms with Crippen LogP contribution in [-0.4, -0.2) is 0 Å². The maximum Gasteiger partial charge on any atom is 0.0405 e. The van der Waals surface area contributed by atoms with Crippen molar-refractivity contribution < 1.29 is 0 Å². The van der Waals surface area contributed by atoms with Crippen molar-refractivity contribution in [3.8, 4) is 0 Å². The van der Waals surface area contributed by atoms with E-state index in [0.29, 0.717) is 5.75 Å². The van der Waals surface area contributed by atoms with Crippen molar-refractivity contribution >= 4 is 24.0 Å². The highest BCUT2D eigenvalue weighted by Crippen LogP contribution is 2.28. The Balaban J connectivity index is 3.36. The van der Waals surface area contributed by atoms with Crippen LogP contribution < -0.4 is 11.5 Å². The van der Waals surface area contributed by atoms with Gasteiger partial charge in [0.2, 0.25) is 0 Å². The van der Waals surface area contributed by atoms with Crippen LogP contribution in [0.4, 0.5) is 11.4 Å². The molecule has 1 aromatic carbocycles. The van der Waals surface area contributed by atoms with Gasteiger partial charge in [-0.15, -0.1) is 0 Å². The zero-order chi connectivity index (χ0) is 10.0. The fourth-order valence-corrected chi connectivity index (χ4v) is 1.68. The first kappa shape index (κ1) is 10.3. The molecule has 0 heterocycles. The molecule has 0 fully saturated rings. The smallest absolute Gasteiger partial charge is 0.0405 e. The van der Waals surface area contributed by atoms with Crippen LogP contribution in [0.3, 0.4) is 0 Å². The molecule has 2 nitrogen and oxygen atoms in total. The summed E-state index contributed by atoms with van der Waals surface area (Å²) in [5.74, 6) is 0.667. The fourth-order valence-electron chi connectivity index (χ4n) is 1.42. The van der Waals surface area contributed by atoms with Crippen LogP contribution in [0.2, 0.25) is 0 Å². The molecule has 0 radical (unpaired) electrons. The van der Waals surface area contributed by atoms with Crippen molar-refractivity contribution in [2.24, 2.45) is 0 Å². The lowest BCUT2D eigenvalue weighted by molar-refractivity contribution is 1.13. The third-order valence-electron chi connectivity index (χ3n) is 2.40. The average molecular weight is 196 g/mol. The molecule has 13 heavy (non-hydrogen) atoms. The van der Waals surface area contributed by atoms with Crippen molar-refractivity contribution in [1.82, 2.24) is 0 Å². The molecule has 0 saturated heterocycles. The van der Waals surface area contributed by atoms with Gasteiger partial charge >= 0.3 is 0 Å². The van der Waals surface area contributed by atoms with Crippen molar-refractivity contribution in [2.75, 3.05) is 11.5 Å². The van der Waals surface area contributed by atoms with Gasteiger partial charge in [0.25, 0.3) is 0 Å². The zero-order valence-corrected chi connectivity index (χ0v) is 8.99. The standard InChI is InChI=1S/C10H16N2S/c1-3-7-4-8(5-13)10(12)6(2)9(7)11/h4,13H,3,5,11-12H2,1-2H3. The van der Waals surface area contributed by atoms with E-state index in [4.69, 9.17) is 11.5 Å². The zero-order valence-electron chi connectivity index (χ0n) is 8.09. The predicted molar refractivity (Wildman–Crippen MR) is 62.1 cm³/mol.